The number of hydrogen-bond donors (Lipinski definition) is 2. The minimum absolute atomic E-state index is 0.286. The van der Waals surface area contributed by atoms with Gasteiger partial charge in [-0.2, -0.15) is 0 Å². The second kappa shape index (κ2) is 1.55. The first-order valence-electron chi connectivity index (χ1n) is 2.38. The van der Waals surface area contributed by atoms with Crippen molar-refractivity contribution in [2.75, 3.05) is 0 Å². The van der Waals surface area contributed by atoms with Crippen LogP contribution in [0, 0.1) is 0 Å². The van der Waals surface area contributed by atoms with Crippen molar-refractivity contribution in [3.8, 4) is 0 Å². The van der Waals surface area contributed by atoms with Crippen molar-refractivity contribution in [3.05, 3.63) is 12.7 Å². The van der Waals surface area contributed by atoms with Gasteiger partial charge in [-0.1, -0.05) is 6.08 Å². The molecule has 0 aromatic heterocycles. The number of epoxide rings is 1. The van der Waals surface area contributed by atoms with Gasteiger partial charge < -0.3 is 14.9 Å². The van der Waals surface area contributed by atoms with Crippen LogP contribution >= 0.6 is 0 Å². The van der Waals surface area contributed by atoms with Crippen LogP contribution in [0.3, 0.4) is 0 Å². The second-order valence-electron chi connectivity index (χ2n) is 1.81. The number of aliphatic hydroxyl groups is 2. The fourth-order valence-corrected chi connectivity index (χ4v) is 0.515. The molecular formula is C5H8O3. The third-order valence-corrected chi connectivity index (χ3v) is 1.08. The van der Waals surface area contributed by atoms with E-state index in [-0.39, 0.29) is 6.42 Å². The van der Waals surface area contributed by atoms with Crippen LogP contribution in [0.5, 0.6) is 0 Å². The van der Waals surface area contributed by atoms with Crippen molar-refractivity contribution < 1.29 is 14.9 Å². The molecule has 1 aliphatic rings. The highest BCUT2D eigenvalue weighted by Crippen LogP contribution is 2.34. The summed E-state index contributed by atoms with van der Waals surface area (Å²) in [4.78, 5) is 0. The van der Waals surface area contributed by atoms with E-state index in [9.17, 15) is 0 Å². The van der Waals surface area contributed by atoms with Crippen molar-refractivity contribution in [2.45, 2.75) is 18.5 Å². The van der Waals surface area contributed by atoms with E-state index in [0.29, 0.717) is 0 Å². The van der Waals surface area contributed by atoms with Gasteiger partial charge in [0.25, 0.3) is 0 Å². The molecule has 2 unspecified atom stereocenters. The van der Waals surface area contributed by atoms with Crippen molar-refractivity contribution >= 4 is 0 Å². The van der Waals surface area contributed by atoms with Crippen LogP contribution in [0.25, 0.3) is 0 Å². The predicted octanol–water partition coefficient (Wildman–Crippen LogP) is -0.400. The van der Waals surface area contributed by atoms with E-state index in [1.807, 2.05) is 0 Å². The molecule has 1 fully saturated rings. The molecule has 2 atom stereocenters. The molecule has 0 amide bonds. The molecule has 0 aliphatic carbocycles. The fourth-order valence-electron chi connectivity index (χ4n) is 0.515. The summed E-state index contributed by atoms with van der Waals surface area (Å²) in [6, 6.07) is 0. The maximum absolute atomic E-state index is 8.85. The molecule has 0 aromatic rings. The Balaban J connectivity index is 2.35. The summed E-state index contributed by atoms with van der Waals surface area (Å²) in [6.07, 6.45) is 0.783. The van der Waals surface area contributed by atoms with Gasteiger partial charge in [-0.15, -0.1) is 6.58 Å². The molecule has 3 nitrogen and oxygen atoms in total. The van der Waals surface area contributed by atoms with Crippen LogP contribution in [0.15, 0.2) is 12.7 Å². The molecule has 2 N–H and O–H groups in total. The molecular weight excluding hydrogens is 108 g/mol. The summed E-state index contributed by atoms with van der Waals surface area (Å²) in [6.45, 7) is 3.37. The lowest BCUT2D eigenvalue weighted by atomic mass is 10.3. The van der Waals surface area contributed by atoms with Crippen LogP contribution in [-0.4, -0.2) is 22.3 Å². The SMILES string of the molecule is C=CCC1(O)OC1O. The van der Waals surface area contributed by atoms with E-state index in [1.54, 1.807) is 0 Å². The van der Waals surface area contributed by atoms with Gasteiger partial charge in [0.15, 0.2) is 0 Å². The molecule has 46 valence electrons. The number of hydrogen-bond acceptors (Lipinski definition) is 3. The van der Waals surface area contributed by atoms with Crippen LogP contribution in [0.2, 0.25) is 0 Å². The summed E-state index contributed by atoms with van der Waals surface area (Å²) in [5.74, 6) is -1.30. The lowest BCUT2D eigenvalue weighted by molar-refractivity contribution is 0.0388. The topological polar surface area (TPSA) is 53.0 Å². The fraction of sp³-hybridized carbons (Fsp3) is 0.600. The highest BCUT2D eigenvalue weighted by molar-refractivity contribution is 4.90. The van der Waals surface area contributed by atoms with Gasteiger partial charge in [0.05, 0.1) is 0 Å². The first-order valence-corrected chi connectivity index (χ1v) is 2.38. The first kappa shape index (κ1) is 5.75. The van der Waals surface area contributed by atoms with E-state index >= 15 is 0 Å². The first-order chi connectivity index (χ1) is 3.69. The van der Waals surface area contributed by atoms with Crippen LogP contribution in [0.4, 0.5) is 0 Å². The number of rotatable bonds is 2. The minimum Gasteiger partial charge on any atom is -0.364 e. The van der Waals surface area contributed by atoms with Gasteiger partial charge in [-0.3, -0.25) is 0 Å². The van der Waals surface area contributed by atoms with Gasteiger partial charge in [0.2, 0.25) is 12.1 Å². The Bertz CT molecular complexity index is 112. The van der Waals surface area contributed by atoms with E-state index < -0.39 is 12.1 Å². The molecule has 8 heavy (non-hydrogen) atoms. The van der Waals surface area contributed by atoms with E-state index in [0.717, 1.165) is 0 Å². The third-order valence-electron chi connectivity index (χ3n) is 1.08. The molecule has 0 bridgehead atoms. The van der Waals surface area contributed by atoms with Gasteiger partial charge in [0, 0.05) is 6.42 Å². The molecule has 0 aromatic carbocycles. The lowest BCUT2D eigenvalue weighted by Gasteiger charge is -1.94. The maximum Gasteiger partial charge on any atom is 0.224 e. The smallest absolute Gasteiger partial charge is 0.224 e. The van der Waals surface area contributed by atoms with E-state index in [4.69, 9.17) is 10.2 Å². The molecule has 0 saturated carbocycles. The molecule has 0 radical (unpaired) electrons. The van der Waals surface area contributed by atoms with Crippen molar-refractivity contribution in [1.82, 2.24) is 0 Å². The van der Waals surface area contributed by atoms with Crippen molar-refractivity contribution in [2.24, 2.45) is 0 Å². The Kier molecular flexibility index (Phi) is 1.11. The Hall–Kier alpha value is -0.380. The zero-order valence-corrected chi connectivity index (χ0v) is 4.37. The summed E-state index contributed by atoms with van der Waals surface area (Å²) < 4.78 is 4.38. The van der Waals surface area contributed by atoms with Crippen LogP contribution < -0.4 is 0 Å². The molecule has 0 spiro atoms. The van der Waals surface area contributed by atoms with Crippen LogP contribution in [0.1, 0.15) is 6.42 Å². The minimum atomic E-state index is -1.30. The van der Waals surface area contributed by atoms with Gasteiger partial charge in [-0.25, -0.2) is 0 Å². The van der Waals surface area contributed by atoms with Gasteiger partial charge >= 0.3 is 0 Å². The monoisotopic (exact) mass is 116 g/mol. The molecule has 1 aliphatic heterocycles. The van der Waals surface area contributed by atoms with E-state index in [2.05, 4.69) is 11.3 Å². The Labute approximate surface area is 47.2 Å². The maximum atomic E-state index is 8.85. The average molecular weight is 116 g/mol. The van der Waals surface area contributed by atoms with E-state index in [1.165, 1.54) is 6.08 Å². The summed E-state index contributed by atoms with van der Waals surface area (Å²) in [5, 5.41) is 17.4. The summed E-state index contributed by atoms with van der Waals surface area (Å²) in [7, 11) is 0. The van der Waals surface area contributed by atoms with Gasteiger partial charge in [0.1, 0.15) is 0 Å². The molecule has 1 rings (SSSR count). The van der Waals surface area contributed by atoms with Crippen LogP contribution in [-0.2, 0) is 4.74 Å². The standard InChI is InChI=1S/C5H8O3/c1-2-3-5(7)4(6)8-5/h2,4,6-7H,1,3H2. The zero-order valence-electron chi connectivity index (χ0n) is 4.37. The highest BCUT2D eigenvalue weighted by Gasteiger charge is 2.53. The molecule has 1 heterocycles. The molecule has 1 saturated heterocycles. The normalized spacial score (nSPS) is 44.0. The van der Waals surface area contributed by atoms with Crippen molar-refractivity contribution in [3.63, 3.8) is 0 Å². The summed E-state index contributed by atoms with van der Waals surface area (Å²) in [5.41, 5.74) is 0. The second-order valence-corrected chi connectivity index (χ2v) is 1.81. The quantitative estimate of drug-likeness (QED) is 0.381. The Morgan fingerprint density at radius 3 is 2.50 bits per heavy atom. The zero-order chi connectivity index (χ0) is 6.20. The largest absolute Gasteiger partial charge is 0.364 e. The Morgan fingerprint density at radius 2 is 2.38 bits per heavy atom. The number of aliphatic hydroxyl groups excluding tert-OH is 1. The number of ether oxygens (including phenoxy) is 1. The third kappa shape index (κ3) is 0.753. The van der Waals surface area contributed by atoms with Crippen molar-refractivity contribution in [1.29, 1.82) is 0 Å². The molecule has 3 heteroatoms. The Morgan fingerprint density at radius 1 is 1.88 bits per heavy atom. The average Bonchev–Trinajstić information content (AvgIpc) is 2.16. The predicted molar refractivity (Wildman–Crippen MR) is 26.9 cm³/mol. The lowest BCUT2D eigenvalue weighted by Crippen LogP contribution is -2.11. The van der Waals surface area contributed by atoms with Gasteiger partial charge in [-0.05, 0) is 0 Å². The highest BCUT2D eigenvalue weighted by atomic mass is 16.8. The summed E-state index contributed by atoms with van der Waals surface area (Å²) >= 11 is 0.